The average Bonchev–Trinajstić information content (AvgIpc) is 2.38. The Morgan fingerprint density at radius 3 is 2.62 bits per heavy atom. The number of hydrogen-bond acceptors (Lipinski definition) is 3. The number of carbonyl (C=O) groups is 1. The summed E-state index contributed by atoms with van der Waals surface area (Å²) in [5.41, 5.74) is 4.61. The Kier molecular flexibility index (Phi) is 2.90. The smallest absolute Gasteiger partial charge is 0.294 e. The number of carbonyl (C=O) groups excluding carboxylic acids is 1. The molecule has 1 heterocycles. The molecule has 0 bridgehead atoms. The first-order valence-electron chi connectivity index (χ1n) is 4.72. The van der Waals surface area contributed by atoms with Crippen molar-refractivity contribution in [2.24, 2.45) is 10.7 Å². The van der Waals surface area contributed by atoms with Gasteiger partial charge in [-0.05, 0) is 19.3 Å². The van der Waals surface area contributed by atoms with Gasteiger partial charge < -0.3 is 10.5 Å². The molecule has 2 N–H and O–H groups in total. The van der Waals surface area contributed by atoms with E-state index in [1.54, 1.807) is 0 Å². The molecular formula is C9H16N2O2. The van der Waals surface area contributed by atoms with E-state index in [9.17, 15) is 4.79 Å². The average molecular weight is 184 g/mol. The molecule has 0 saturated carbocycles. The summed E-state index contributed by atoms with van der Waals surface area (Å²) < 4.78 is 5.29. The Morgan fingerprint density at radius 1 is 1.54 bits per heavy atom. The lowest BCUT2D eigenvalue weighted by atomic mass is 9.93. The standard InChI is InChI=1S/C9H16N2O2/c1-3-5-6-9(4-2)7(12)11-8(10)13-9/h3-6H2,1-2H3,(H2,10,11,12). The molecule has 0 aromatic heterocycles. The molecule has 13 heavy (non-hydrogen) atoms. The third kappa shape index (κ3) is 1.82. The minimum absolute atomic E-state index is 0.0166. The van der Waals surface area contributed by atoms with Crippen LogP contribution in [0.5, 0.6) is 0 Å². The molecule has 74 valence electrons. The highest BCUT2D eigenvalue weighted by atomic mass is 16.5. The number of nitrogens with zero attached hydrogens (tertiary/aromatic N) is 1. The Hall–Kier alpha value is -1.06. The number of unbranched alkanes of at least 4 members (excludes halogenated alkanes) is 1. The van der Waals surface area contributed by atoms with Crippen LogP contribution in [-0.2, 0) is 9.53 Å². The van der Waals surface area contributed by atoms with Crippen molar-refractivity contribution in [1.82, 2.24) is 0 Å². The van der Waals surface area contributed by atoms with Crippen LogP contribution in [0, 0.1) is 0 Å². The van der Waals surface area contributed by atoms with Crippen molar-refractivity contribution in [3.05, 3.63) is 0 Å². The Labute approximate surface area is 78.2 Å². The molecular weight excluding hydrogens is 168 g/mol. The second-order valence-corrected chi connectivity index (χ2v) is 3.31. The number of ether oxygens (including phenoxy) is 1. The molecule has 0 aromatic rings. The fourth-order valence-electron chi connectivity index (χ4n) is 1.49. The Morgan fingerprint density at radius 2 is 2.23 bits per heavy atom. The molecule has 1 atom stereocenters. The first-order chi connectivity index (χ1) is 6.14. The molecule has 1 aliphatic rings. The third-order valence-electron chi connectivity index (χ3n) is 2.41. The zero-order chi connectivity index (χ0) is 9.90. The Balaban J connectivity index is 2.67. The lowest BCUT2D eigenvalue weighted by Crippen LogP contribution is -2.37. The molecule has 1 unspecified atom stereocenters. The van der Waals surface area contributed by atoms with Crippen LogP contribution in [0.25, 0.3) is 0 Å². The highest BCUT2D eigenvalue weighted by Gasteiger charge is 2.43. The van der Waals surface area contributed by atoms with E-state index in [0.29, 0.717) is 12.8 Å². The van der Waals surface area contributed by atoms with E-state index < -0.39 is 5.60 Å². The molecule has 0 saturated heterocycles. The lowest BCUT2D eigenvalue weighted by Gasteiger charge is -2.23. The van der Waals surface area contributed by atoms with Gasteiger partial charge in [0.1, 0.15) is 0 Å². The van der Waals surface area contributed by atoms with Crippen LogP contribution in [0.4, 0.5) is 0 Å². The van der Waals surface area contributed by atoms with Gasteiger partial charge in [-0.25, -0.2) is 0 Å². The summed E-state index contributed by atoms with van der Waals surface area (Å²) in [4.78, 5) is 15.1. The van der Waals surface area contributed by atoms with E-state index in [1.807, 2.05) is 6.92 Å². The van der Waals surface area contributed by atoms with Crippen LogP contribution in [0.3, 0.4) is 0 Å². The van der Waals surface area contributed by atoms with Crippen molar-refractivity contribution in [2.45, 2.75) is 45.1 Å². The number of hydrogen-bond donors (Lipinski definition) is 1. The first kappa shape index (κ1) is 10.0. The van der Waals surface area contributed by atoms with Crippen LogP contribution < -0.4 is 5.73 Å². The van der Waals surface area contributed by atoms with Crippen LogP contribution in [0.1, 0.15) is 39.5 Å². The van der Waals surface area contributed by atoms with Crippen molar-refractivity contribution in [3.8, 4) is 0 Å². The van der Waals surface area contributed by atoms with Crippen molar-refractivity contribution < 1.29 is 9.53 Å². The predicted molar refractivity (Wildman–Crippen MR) is 50.3 cm³/mol. The van der Waals surface area contributed by atoms with Crippen molar-refractivity contribution >= 4 is 11.9 Å². The molecule has 0 radical (unpaired) electrons. The van der Waals surface area contributed by atoms with Gasteiger partial charge in [-0.2, -0.15) is 4.99 Å². The fourth-order valence-corrected chi connectivity index (χ4v) is 1.49. The van der Waals surface area contributed by atoms with Gasteiger partial charge in [-0.15, -0.1) is 0 Å². The topological polar surface area (TPSA) is 64.7 Å². The number of amides is 1. The van der Waals surface area contributed by atoms with E-state index in [0.717, 1.165) is 12.8 Å². The van der Waals surface area contributed by atoms with Gasteiger partial charge in [0.05, 0.1) is 0 Å². The summed E-state index contributed by atoms with van der Waals surface area (Å²) in [5.74, 6) is -0.221. The van der Waals surface area contributed by atoms with E-state index >= 15 is 0 Å². The summed E-state index contributed by atoms with van der Waals surface area (Å²) in [5, 5.41) is 0. The van der Waals surface area contributed by atoms with Crippen LogP contribution in [-0.4, -0.2) is 17.5 Å². The van der Waals surface area contributed by atoms with Gasteiger partial charge in [0.15, 0.2) is 5.60 Å². The van der Waals surface area contributed by atoms with Crippen LogP contribution in [0.2, 0.25) is 0 Å². The lowest BCUT2D eigenvalue weighted by molar-refractivity contribution is -0.131. The van der Waals surface area contributed by atoms with Crippen LogP contribution >= 0.6 is 0 Å². The maximum Gasteiger partial charge on any atom is 0.294 e. The molecule has 1 aliphatic heterocycles. The van der Waals surface area contributed by atoms with Gasteiger partial charge in [-0.1, -0.05) is 20.3 Å². The summed E-state index contributed by atoms with van der Waals surface area (Å²) in [6.45, 7) is 3.99. The van der Waals surface area contributed by atoms with E-state index in [1.165, 1.54) is 0 Å². The highest BCUT2D eigenvalue weighted by molar-refractivity contribution is 6.00. The predicted octanol–water partition coefficient (Wildman–Crippen LogP) is 1.20. The zero-order valence-corrected chi connectivity index (χ0v) is 8.17. The molecule has 0 fully saturated rings. The molecule has 4 nitrogen and oxygen atoms in total. The number of nitrogens with two attached hydrogens (primary N) is 1. The second kappa shape index (κ2) is 3.77. The van der Waals surface area contributed by atoms with Crippen molar-refractivity contribution in [3.63, 3.8) is 0 Å². The zero-order valence-electron chi connectivity index (χ0n) is 8.17. The van der Waals surface area contributed by atoms with Gasteiger partial charge >= 0.3 is 0 Å². The van der Waals surface area contributed by atoms with Crippen molar-refractivity contribution in [1.29, 1.82) is 0 Å². The molecule has 1 amide bonds. The highest BCUT2D eigenvalue weighted by Crippen LogP contribution is 2.28. The molecule has 0 spiro atoms. The Bertz CT molecular complexity index is 238. The molecule has 1 rings (SSSR count). The minimum Gasteiger partial charge on any atom is -0.448 e. The number of rotatable bonds is 4. The molecule has 0 aromatic carbocycles. The number of amidine groups is 1. The van der Waals surface area contributed by atoms with Gasteiger partial charge in [0, 0.05) is 0 Å². The fraction of sp³-hybridized carbons (Fsp3) is 0.778. The first-order valence-corrected chi connectivity index (χ1v) is 4.72. The summed E-state index contributed by atoms with van der Waals surface area (Å²) >= 11 is 0. The molecule has 4 heteroatoms. The van der Waals surface area contributed by atoms with Gasteiger partial charge in [0.2, 0.25) is 0 Å². The molecule has 0 aliphatic carbocycles. The minimum atomic E-state index is -0.750. The summed E-state index contributed by atoms with van der Waals surface area (Å²) in [6.07, 6.45) is 3.35. The van der Waals surface area contributed by atoms with E-state index in [2.05, 4.69) is 11.9 Å². The summed E-state index contributed by atoms with van der Waals surface area (Å²) in [6, 6.07) is 0.0166. The number of aliphatic imine (C=N–C) groups is 1. The maximum atomic E-state index is 11.5. The summed E-state index contributed by atoms with van der Waals surface area (Å²) in [7, 11) is 0. The normalized spacial score (nSPS) is 27.2. The van der Waals surface area contributed by atoms with E-state index in [-0.39, 0.29) is 11.9 Å². The van der Waals surface area contributed by atoms with Gasteiger partial charge in [-0.3, -0.25) is 4.79 Å². The van der Waals surface area contributed by atoms with Crippen LogP contribution in [0.15, 0.2) is 4.99 Å². The van der Waals surface area contributed by atoms with Crippen molar-refractivity contribution in [2.75, 3.05) is 0 Å². The quantitative estimate of drug-likeness (QED) is 0.713. The van der Waals surface area contributed by atoms with E-state index in [4.69, 9.17) is 10.5 Å². The monoisotopic (exact) mass is 184 g/mol. The maximum absolute atomic E-state index is 11.5. The SMILES string of the molecule is CCCCC1(CC)OC(N)=NC1=O. The largest absolute Gasteiger partial charge is 0.448 e. The third-order valence-corrected chi connectivity index (χ3v) is 2.41. The second-order valence-electron chi connectivity index (χ2n) is 3.31. The van der Waals surface area contributed by atoms with Gasteiger partial charge in [0.25, 0.3) is 11.9 Å².